The van der Waals surface area contributed by atoms with E-state index in [-0.39, 0.29) is 16.7 Å². The maximum atomic E-state index is 5.93. The standard InChI is InChI=1S/C10H6Br2ClN3O/c11-5-1-2-7(6(12)3-5)17-10-8(13)9(14)15-4-16-10/h1-4H,(H2,14,15,16). The van der Waals surface area contributed by atoms with Crippen LogP contribution in [0.3, 0.4) is 0 Å². The Morgan fingerprint density at radius 2 is 2.00 bits per heavy atom. The van der Waals surface area contributed by atoms with E-state index in [1.807, 2.05) is 12.1 Å². The summed E-state index contributed by atoms with van der Waals surface area (Å²) in [5.74, 6) is 1.00. The van der Waals surface area contributed by atoms with Gasteiger partial charge in [0.2, 0.25) is 5.88 Å². The van der Waals surface area contributed by atoms with E-state index in [2.05, 4.69) is 41.8 Å². The fourth-order valence-electron chi connectivity index (χ4n) is 1.10. The average Bonchev–Trinajstić information content (AvgIpc) is 2.28. The summed E-state index contributed by atoms with van der Waals surface area (Å²) in [7, 11) is 0. The van der Waals surface area contributed by atoms with E-state index in [1.54, 1.807) is 6.07 Å². The van der Waals surface area contributed by atoms with Gasteiger partial charge in [-0.15, -0.1) is 0 Å². The van der Waals surface area contributed by atoms with Crippen LogP contribution in [0, 0.1) is 0 Å². The van der Waals surface area contributed by atoms with Crippen LogP contribution in [0.25, 0.3) is 0 Å². The number of benzene rings is 1. The number of nitrogens with two attached hydrogens (primary N) is 1. The Morgan fingerprint density at radius 3 is 2.71 bits per heavy atom. The molecule has 0 radical (unpaired) electrons. The lowest BCUT2D eigenvalue weighted by Crippen LogP contribution is -1.96. The van der Waals surface area contributed by atoms with Crippen LogP contribution in [-0.4, -0.2) is 9.97 Å². The molecule has 0 saturated carbocycles. The fraction of sp³-hybridized carbons (Fsp3) is 0. The van der Waals surface area contributed by atoms with Crippen molar-refractivity contribution in [2.75, 3.05) is 5.73 Å². The molecule has 0 aliphatic carbocycles. The second kappa shape index (κ2) is 5.20. The van der Waals surface area contributed by atoms with E-state index in [0.29, 0.717) is 5.75 Å². The number of hydrogen-bond donors (Lipinski definition) is 1. The first kappa shape index (κ1) is 12.6. The van der Waals surface area contributed by atoms with Gasteiger partial charge in [-0.3, -0.25) is 0 Å². The molecule has 1 aromatic carbocycles. The van der Waals surface area contributed by atoms with Gasteiger partial charge in [0.15, 0.2) is 0 Å². The predicted molar refractivity (Wildman–Crippen MR) is 73.4 cm³/mol. The Balaban J connectivity index is 2.35. The van der Waals surface area contributed by atoms with E-state index in [4.69, 9.17) is 22.1 Å². The van der Waals surface area contributed by atoms with Crippen LogP contribution in [0.4, 0.5) is 5.82 Å². The van der Waals surface area contributed by atoms with Gasteiger partial charge in [-0.25, -0.2) is 4.98 Å². The molecule has 17 heavy (non-hydrogen) atoms. The summed E-state index contributed by atoms with van der Waals surface area (Å²) >= 11 is 12.7. The molecule has 0 unspecified atom stereocenters. The van der Waals surface area contributed by atoms with Gasteiger partial charge < -0.3 is 10.5 Å². The summed E-state index contributed by atoms with van der Waals surface area (Å²) < 4.78 is 7.26. The maximum Gasteiger partial charge on any atom is 0.243 e. The monoisotopic (exact) mass is 377 g/mol. The van der Waals surface area contributed by atoms with Crippen LogP contribution in [0.1, 0.15) is 0 Å². The van der Waals surface area contributed by atoms with Crippen molar-refractivity contribution in [3.8, 4) is 11.6 Å². The van der Waals surface area contributed by atoms with Crippen LogP contribution < -0.4 is 10.5 Å². The van der Waals surface area contributed by atoms with Gasteiger partial charge in [0.1, 0.15) is 22.9 Å². The summed E-state index contributed by atoms with van der Waals surface area (Å²) in [6.45, 7) is 0. The van der Waals surface area contributed by atoms with Gasteiger partial charge in [0, 0.05) is 4.47 Å². The molecular weight excluding hydrogens is 373 g/mol. The molecule has 7 heteroatoms. The molecular formula is C10H6Br2ClN3O. The molecule has 1 aromatic heterocycles. The number of hydrogen-bond acceptors (Lipinski definition) is 4. The van der Waals surface area contributed by atoms with E-state index >= 15 is 0 Å². The Bertz CT molecular complexity index is 565. The van der Waals surface area contributed by atoms with E-state index < -0.39 is 0 Å². The van der Waals surface area contributed by atoms with Crippen molar-refractivity contribution in [1.82, 2.24) is 9.97 Å². The minimum absolute atomic E-state index is 0.185. The Morgan fingerprint density at radius 1 is 1.24 bits per heavy atom. The largest absolute Gasteiger partial charge is 0.436 e. The van der Waals surface area contributed by atoms with Gasteiger partial charge in [0.05, 0.1) is 4.47 Å². The highest BCUT2D eigenvalue weighted by Crippen LogP contribution is 2.35. The summed E-state index contributed by atoms with van der Waals surface area (Å²) in [5.41, 5.74) is 5.55. The van der Waals surface area contributed by atoms with Crippen molar-refractivity contribution in [2.45, 2.75) is 0 Å². The van der Waals surface area contributed by atoms with Crippen molar-refractivity contribution in [3.05, 3.63) is 38.5 Å². The summed E-state index contributed by atoms with van der Waals surface area (Å²) in [6.07, 6.45) is 1.29. The zero-order valence-electron chi connectivity index (χ0n) is 8.32. The summed E-state index contributed by atoms with van der Waals surface area (Å²) in [5, 5.41) is 0.197. The molecule has 2 aromatic rings. The van der Waals surface area contributed by atoms with Crippen molar-refractivity contribution >= 4 is 49.3 Å². The Kier molecular flexibility index (Phi) is 3.86. The molecule has 2 rings (SSSR count). The lowest BCUT2D eigenvalue weighted by molar-refractivity contribution is 0.459. The number of ether oxygens (including phenoxy) is 1. The van der Waals surface area contributed by atoms with Gasteiger partial charge in [0.25, 0.3) is 0 Å². The molecule has 0 aliphatic heterocycles. The second-order valence-electron chi connectivity index (χ2n) is 3.05. The first-order valence-electron chi connectivity index (χ1n) is 4.47. The normalized spacial score (nSPS) is 10.3. The third-order valence-electron chi connectivity index (χ3n) is 1.89. The Hall–Kier alpha value is -0.850. The van der Waals surface area contributed by atoms with E-state index in [9.17, 15) is 0 Å². The SMILES string of the molecule is Nc1ncnc(Oc2ccc(Br)cc2Br)c1Cl. The predicted octanol–water partition coefficient (Wildman–Crippen LogP) is 4.03. The number of anilines is 1. The zero-order valence-corrected chi connectivity index (χ0v) is 12.3. The quantitative estimate of drug-likeness (QED) is 0.856. The van der Waals surface area contributed by atoms with E-state index in [1.165, 1.54) is 6.33 Å². The second-order valence-corrected chi connectivity index (χ2v) is 5.20. The third kappa shape index (κ3) is 2.88. The highest BCUT2D eigenvalue weighted by molar-refractivity contribution is 9.11. The number of rotatable bonds is 2. The van der Waals surface area contributed by atoms with Gasteiger partial charge in [-0.1, -0.05) is 27.5 Å². The average molecular weight is 379 g/mol. The van der Waals surface area contributed by atoms with Crippen molar-refractivity contribution < 1.29 is 4.74 Å². The molecule has 0 atom stereocenters. The number of halogens is 3. The molecule has 88 valence electrons. The van der Waals surface area contributed by atoms with Gasteiger partial charge in [-0.05, 0) is 34.1 Å². The van der Waals surface area contributed by atoms with Gasteiger partial charge in [-0.2, -0.15) is 4.98 Å². The molecule has 0 saturated heterocycles. The van der Waals surface area contributed by atoms with Crippen molar-refractivity contribution in [2.24, 2.45) is 0 Å². The number of nitrogens with zero attached hydrogens (tertiary/aromatic N) is 2. The van der Waals surface area contributed by atoms with Crippen LogP contribution >= 0.6 is 43.5 Å². The highest BCUT2D eigenvalue weighted by atomic mass is 79.9. The van der Waals surface area contributed by atoms with Crippen molar-refractivity contribution in [1.29, 1.82) is 0 Å². The van der Waals surface area contributed by atoms with Crippen LogP contribution in [0.2, 0.25) is 5.02 Å². The first-order chi connectivity index (χ1) is 8.08. The molecule has 0 fully saturated rings. The topological polar surface area (TPSA) is 61.0 Å². The van der Waals surface area contributed by atoms with Gasteiger partial charge >= 0.3 is 0 Å². The molecule has 1 heterocycles. The lowest BCUT2D eigenvalue weighted by Gasteiger charge is -2.08. The fourth-order valence-corrected chi connectivity index (χ4v) is 2.36. The highest BCUT2D eigenvalue weighted by Gasteiger charge is 2.10. The van der Waals surface area contributed by atoms with Crippen LogP contribution in [0.5, 0.6) is 11.6 Å². The molecule has 0 amide bonds. The summed E-state index contributed by atoms with van der Waals surface area (Å²) in [6, 6.07) is 5.48. The van der Waals surface area contributed by atoms with Crippen LogP contribution in [0.15, 0.2) is 33.5 Å². The molecule has 2 N–H and O–H groups in total. The maximum absolute atomic E-state index is 5.93. The summed E-state index contributed by atoms with van der Waals surface area (Å²) in [4.78, 5) is 7.67. The Labute approximate surface area is 119 Å². The van der Waals surface area contributed by atoms with E-state index in [0.717, 1.165) is 8.95 Å². The molecule has 0 spiro atoms. The zero-order chi connectivity index (χ0) is 12.4. The minimum Gasteiger partial charge on any atom is -0.436 e. The third-order valence-corrected chi connectivity index (χ3v) is 3.35. The lowest BCUT2D eigenvalue weighted by atomic mass is 10.3. The van der Waals surface area contributed by atoms with Crippen molar-refractivity contribution in [3.63, 3.8) is 0 Å². The molecule has 4 nitrogen and oxygen atoms in total. The number of nitrogen functional groups attached to an aromatic ring is 1. The molecule has 0 bridgehead atoms. The first-order valence-corrected chi connectivity index (χ1v) is 6.43. The molecule has 0 aliphatic rings. The number of aromatic nitrogens is 2. The minimum atomic E-state index is 0.185. The smallest absolute Gasteiger partial charge is 0.243 e. The van der Waals surface area contributed by atoms with Crippen LogP contribution in [-0.2, 0) is 0 Å².